The SMILES string of the molecule is c1ccc(-c2nc(-c3ccc(-n4c5cc6ccccc6cc5c5cc6ccccc6cc54)c(-c4ccccc4)c3)nc(-c3ccc4c5ccccc5n(-c5ccccc5)c4c3)n2)cc1. The second kappa shape index (κ2) is 14.5. The second-order valence-corrected chi connectivity index (χ2v) is 16.5. The summed E-state index contributed by atoms with van der Waals surface area (Å²) in [5.74, 6) is 1.84. The van der Waals surface area contributed by atoms with Crippen LogP contribution >= 0.6 is 0 Å². The number of hydrogen-bond acceptors (Lipinski definition) is 3. The first-order chi connectivity index (χ1) is 31.7. The average molecular weight is 816 g/mol. The summed E-state index contributed by atoms with van der Waals surface area (Å²) >= 11 is 0. The van der Waals surface area contributed by atoms with Crippen molar-refractivity contribution >= 4 is 65.2 Å². The zero-order valence-electron chi connectivity index (χ0n) is 34.6. The zero-order chi connectivity index (χ0) is 42.1. The normalized spacial score (nSPS) is 11.8. The lowest BCUT2D eigenvalue weighted by Gasteiger charge is -2.16. The number of hydrogen-bond donors (Lipinski definition) is 0. The predicted molar refractivity (Wildman–Crippen MR) is 265 cm³/mol. The first-order valence-electron chi connectivity index (χ1n) is 21.7. The average Bonchev–Trinajstić information content (AvgIpc) is 3.86. The monoisotopic (exact) mass is 815 g/mol. The van der Waals surface area contributed by atoms with Gasteiger partial charge < -0.3 is 9.13 Å². The molecule has 0 saturated carbocycles. The molecule has 298 valence electrons. The van der Waals surface area contributed by atoms with Crippen molar-refractivity contribution in [1.29, 1.82) is 0 Å². The van der Waals surface area contributed by atoms with Crippen LogP contribution in [0, 0.1) is 0 Å². The third-order valence-corrected chi connectivity index (χ3v) is 12.7. The smallest absolute Gasteiger partial charge is 0.164 e. The van der Waals surface area contributed by atoms with E-state index in [1.54, 1.807) is 0 Å². The van der Waals surface area contributed by atoms with Crippen LogP contribution in [0.15, 0.2) is 224 Å². The van der Waals surface area contributed by atoms with Crippen LogP contribution in [0.1, 0.15) is 0 Å². The third-order valence-electron chi connectivity index (χ3n) is 12.7. The summed E-state index contributed by atoms with van der Waals surface area (Å²) in [5.41, 5.74) is 11.7. The van der Waals surface area contributed by atoms with Crippen molar-refractivity contribution in [2.45, 2.75) is 0 Å². The molecule has 5 nitrogen and oxygen atoms in total. The maximum atomic E-state index is 5.32. The van der Waals surface area contributed by atoms with E-state index in [4.69, 9.17) is 15.0 Å². The van der Waals surface area contributed by atoms with Gasteiger partial charge in [0, 0.05) is 49.5 Å². The highest BCUT2D eigenvalue weighted by atomic mass is 15.0. The van der Waals surface area contributed by atoms with Gasteiger partial charge in [0.25, 0.3) is 0 Å². The Morgan fingerprint density at radius 1 is 0.266 bits per heavy atom. The molecule has 10 aromatic carbocycles. The summed E-state index contributed by atoms with van der Waals surface area (Å²) < 4.78 is 4.78. The van der Waals surface area contributed by atoms with Gasteiger partial charge in [-0.25, -0.2) is 15.0 Å². The van der Waals surface area contributed by atoms with Crippen molar-refractivity contribution in [2.75, 3.05) is 0 Å². The van der Waals surface area contributed by atoms with E-state index in [0.29, 0.717) is 17.5 Å². The first kappa shape index (κ1) is 36.0. The molecule has 0 amide bonds. The lowest BCUT2D eigenvalue weighted by atomic mass is 9.99. The molecule has 0 fully saturated rings. The predicted octanol–water partition coefficient (Wildman–Crippen LogP) is 15.0. The van der Waals surface area contributed by atoms with Gasteiger partial charge in [-0.15, -0.1) is 0 Å². The van der Waals surface area contributed by atoms with Gasteiger partial charge in [0.05, 0.1) is 27.8 Å². The fourth-order valence-corrected chi connectivity index (χ4v) is 9.68. The number of rotatable bonds is 6. The molecule has 5 heteroatoms. The molecule has 0 radical (unpaired) electrons. The summed E-state index contributed by atoms with van der Waals surface area (Å²) in [6.07, 6.45) is 0. The van der Waals surface area contributed by atoms with E-state index in [1.807, 2.05) is 18.2 Å². The van der Waals surface area contributed by atoms with Crippen molar-refractivity contribution < 1.29 is 0 Å². The maximum Gasteiger partial charge on any atom is 0.164 e. The van der Waals surface area contributed by atoms with Crippen LogP contribution < -0.4 is 0 Å². The van der Waals surface area contributed by atoms with Gasteiger partial charge in [-0.3, -0.25) is 0 Å². The number of para-hydroxylation sites is 2. The zero-order valence-corrected chi connectivity index (χ0v) is 34.6. The van der Waals surface area contributed by atoms with Crippen molar-refractivity contribution in [3.63, 3.8) is 0 Å². The number of benzene rings is 10. The van der Waals surface area contributed by atoms with Crippen molar-refractivity contribution in [3.8, 4) is 56.7 Å². The summed E-state index contributed by atoms with van der Waals surface area (Å²) in [4.78, 5) is 15.7. The second-order valence-electron chi connectivity index (χ2n) is 16.5. The molecule has 0 aliphatic heterocycles. The molecule has 0 aliphatic rings. The molecule has 64 heavy (non-hydrogen) atoms. The maximum absolute atomic E-state index is 5.32. The van der Waals surface area contributed by atoms with Gasteiger partial charge in [-0.2, -0.15) is 0 Å². The molecule has 0 saturated heterocycles. The highest BCUT2D eigenvalue weighted by Crippen LogP contribution is 2.41. The standard InChI is InChI=1S/C59H37N5/c1-4-16-38(17-5-1)49-34-44(29-31-53(49)64-55-35-42-22-12-10-20-40(42)32-50(55)51-33-41-21-11-13-23-43(41)36-56(51)64)58-60-57(39-18-6-2-7-19-39)61-59(62-58)45-28-30-48-47-26-14-15-27-52(47)63(54(48)37-45)46-24-8-3-9-25-46/h1-37H. The molecule has 0 N–H and O–H groups in total. The Morgan fingerprint density at radius 2 is 0.719 bits per heavy atom. The Hall–Kier alpha value is -8.67. The highest BCUT2D eigenvalue weighted by molar-refractivity contribution is 6.17. The fraction of sp³-hybridized carbons (Fsp3) is 0. The van der Waals surface area contributed by atoms with Crippen LogP contribution in [0.4, 0.5) is 0 Å². The molecule has 3 aromatic heterocycles. The lowest BCUT2D eigenvalue weighted by Crippen LogP contribution is -2.02. The topological polar surface area (TPSA) is 48.5 Å². The molecule has 0 bridgehead atoms. The Kier molecular flexibility index (Phi) is 8.15. The molecule has 0 atom stereocenters. The lowest BCUT2D eigenvalue weighted by molar-refractivity contribution is 1.07. The largest absolute Gasteiger partial charge is 0.309 e. The van der Waals surface area contributed by atoms with E-state index in [9.17, 15) is 0 Å². The summed E-state index contributed by atoms with van der Waals surface area (Å²) in [5, 5.41) is 9.68. The van der Waals surface area contributed by atoms with Crippen molar-refractivity contribution in [2.24, 2.45) is 0 Å². The van der Waals surface area contributed by atoms with Gasteiger partial charge in [0.15, 0.2) is 17.5 Å². The Morgan fingerprint density at radius 3 is 1.34 bits per heavy atom. The highest BCUT2D eigenvalue weighted by Gasteiger charge is 2.21. The van der Waals surface area contributed by atoms with E-state index >= 15 is 0 Å². The van der Waals surface area contributed by atoms with Crippen LogP contribution in [-0.2, 0) is 0 Å². The molecule has 3 heterocycles. The van der Waals surface area contributed by atoms with Crippen LogP contribution in [0.5, 0.6) is 0 Å². The van der Waals surface area contributed by atoms with E-state index in [2.05, 4.69) is 215 Å². The van der Waals surface area contributed by atoms with E-state index in [1.165, 1.54) is 43.1 Å². The van der Waals surface area contributed by atoms with Crippen LogP contribution in [0.2, 0.25) is 0 Å². The van der Waals surface area contributed by atoms with Gasteiger partial charge >= 0.3 is 0 Å². The molecule has 0 unspecified atom stereocenters. The molecule has 0 spiro atoms. The molecular formula is C59H37N5. The number of aromatic nitrogens is 5. The van der Waals surface area contributed by atoms with Gasteiger partial charge in [-0.1, -0.05) is 158 Å². The minimum absolute atomic E-state index is 0.607. The van der Waals surface area contributed by atoms with Gasteiger partial charge in [-0.05, 0) is 93.8 Å². The summed E-state index contributed by atoms with van der Waals surface area (Å²) in [6, 6.07) is 80.0. The minimum atomic E-state index is 0.607. The Balaban J connectivity index is 1.05. The number of nitrogens with zero attached hydrogens (tertiary/aromatic N) is 5. The van der Waals surface area contributed by atoms with Gasteiger partial charge in [0.1, 0.15) is 0 Å². The number of fused-ring (bicyclic) bond motifs is 8. The Labute approximate surface area is 368 Å². The summed E-state index contributed by atoms with van der Waals surface area (Å²) in [7, 11) is 0. The molecule has 13 aromatic rings. The quantitative estimate of drug-likeness (QED) is 0.168. The fourth-order valence-electron chi connectivity index (χ4n) is 9.68. The van der Waals surface area contributed by atoms with E-state index < -0.39 is 0 Å². The molecule has 13 rings (SSSR count). The van der Waals surface area contributed by atoms with Crippen LogP contribution in [0.3, 0.4) is 0 Å². The van der Waals surface area contributed by atoms with Crippen LogP contribution in [0.25, 0.3) is 122 Å². The molecule has 0 aliphatic carbocycles. The van der Waals surface area contributed by atoms with Crippen molar-refractivity contribution in [1.82, 2.24) is 24.1 Å². The van der Waals surface area contributed by atoms with Gasteiger partial charge in [0.2, 0.25) is 0 Å². The summed E-state index contributed by atoms with van der Waals surface area (Å²) in [6.45, 7) is 0. The molecular weight excluding hydrogens is 779 g/mol. The third kappa shape index (κ3) is 5.83. The van der Waals surface area contributed by atoms with Crippen molar-refractivity contribution in [3.05, 3.63) is 224 Å². The van der Waals surface area contributed by atoms with E-state index in [-0.39, 0.29) is 0 Å². The minimum Gasteiger partial charge on any atom is -0.309 e. The first-order valence-corrected chi connectivity index (χ1v) is 21.7. The van der Waals surface area contributed by atoms with E-state index in [0.717, 1.165) is 61.3 Å². The van der Waals surface area contributed by atoms with Crippen LogP contribution in [-0.4, -0.2) is 24.1 Å². The Bertz CT molecular complexity index is 3850.